The van der Waals surface area contributed by atoms with E-state index in [9.17, 15) is 0 Å². The Morgan fingerprint density at radius 1 is 1.12 bits per heavy atom. The first-order chi connectivity index (χ1) is 11.8. The maximum Gasteiger partial charge on any atom is 0.223 e. The van der Waals surface area contributed by atoms with E-state index in [2.05, 4.69) is 45.8 Å². The van der Waals surface area contributed by atoms with Crippen molar-refractivity contribution < 1.29 is 4.52 Å². The third kappa shape index (κ3) is 4.61. The van der Waals surface area contributed by atoms with Gasteiger partial charge in [0.05, 0.1) is 5.54 Å². The second-order valence-corrected chi connectivity index (χ2v) is 7.70. The van der Waals surface area contributed by atoms with Crippen LogP contribution in [-0.2, 0) is 11.3 Å². The van der Waals surface area contributed by atoms with Gasteiger partial charge in [0.1, 0.15) is 0 Å². The van der Waals surface area contributed by atoms with E-state index < -0.39 is 0 Å². The van der Waals surface area contributed by atoms with Crippen molar-refractivity contribution in [1.82, 2.24) is 15.5 Å². The quantitative estimate of drug-likeness (QED) is 0.593. The molecule has 1 aliphatic carbocycles. The summed E-state index contributed by atoms with van der Waals surface area (Å²) < 4.78 is 5.26. The summed E-state index contributed by atoms with van der Waals surface area (Å²) in [5.74, 6) is 3.67. The molecule has 1 heterocycles. The van der Waals surface area contributed by atoms with Gasteiger partial charge in [-0.3, -0.25) is 0 Å². The number of hydrogen-bond donors (Lipinski definition) is 1. The molecule has 1 N–H and O–H groups in total. The lowest BCUT2D eigenvalue weighted by Crippen LogP contribution is -2.44. The number of aryl methyl sites for hydroxylation is 1. The van der Waals surface area contributed by atoms with Gasteiger partial charge in [0.2, 0.25) is 5.89 Å². The summed E-state index contributed by atoms with van der Waals surface area (Å²) in [4.78, 5) is 4.55. The Labute approximate surface area is 148 Å². The average molecular weight is 346 g/mol. The van der Waals surface area contributed by atoms with Crippen LogP contribution in [0.4, 0.5) is 0 Å². The Bertz CT molecular complexity index is 606. The molecule has 0 bridgehead atoms. The highest BCUT2D eigenvalue weighted by Crippen LogP contribution is 2.34. The van der Waals surface area contributed by atoms with Crippen LogP contribution >= 0.6 is 11.8 Å². The fourth-order valence-corrected chi connectivity index (χ4v) is 4.25. The molecule has 2 aromatic rings. The molecule has 0 saturated heterocycles. The smallest absolute Gasteiger partial charge is 0.223 e. The van der Waals surface area contributed by atoms with Crippen molar-refractivity contribution in [3.05, 3.63) is 47.6 Å². The standard InChI is InChI=1S/C19H27N3OS/c1-16-21-18(22-23-16)19(11-7-2-3-8-12-19)20-13-14-24-15-17-9-5-4-6-10-17/h4-6,9-10,20H,2-3,7-8,11-15H2,1H3. The van der Waals surface area contributed by atoms with Gasteiger partial charge in [-0.05, 0) is 18.4 Å². The number of hydrogen-bond acceptors (Lipinski definition) is 5. The largest absolute Gasteiger partial charge is 0.340 e. The van der Waals surface area contributed by atoms with Crippen LogP contribution in [0.25, 0.3) is 0 Å². The maximum absolute atomic E-state index is 5.26. The number of nitrogens with one attached hydrogen (secondary N) is 1. The molecule has 0 unspecified atom stereocenters. The lowest BCUT2D eigenvalue weighted by molar-refractivity contribution is 0.266. The van der Waals surface area contributed by atoms with E-state index >= 15 is 0 Å². The van der Waals surface area contributed by atoms with Crippen LogP contribution < -0.4 is 5.32 Å². The Morgan fingerprint density at radius 3 is 2.54 bits per heavy atom. The summed E-state index contributed by atoms with van der Waals surface area (Å²) >= 11 is 1.97. The van der Waals surface area contributed by atoms with Crippen molar-refractivity contribution in [3.63, 3.8) is 0 Å². The third-order valence-electron chi connectivity index (χ3n) is 4.73. The van der Waals surface area contributed by atoms with Crippen LogP contribution in [0.3, 0.4) is 0 Å². The van der Waals surface area contributed by atoms with Gasteiger partial charge in [-0.25, -0.2) is 0 Å². The predicted octanol–water partition coefficient (Wildman–Crippen LogP) is 4.45. The first-order valence-electron chi connectivity index (χ1n) is 8.96. The van der Waals surface area contributed by atoms with E-state index in [0.29, 0.717) is 5.89 Å². The molecule has 24 heavy (non-hydrogen) atoms. The molecule has 130 valence electrons. The van der Waals surface area contributed by atoms with Crippen LogP contribution in [0, 0.1) is 6.92 Å². The number of benzene rings is 1. The van der Waals surface area contributed by atoms with Crippen molar-refractivity contribution in [2.45, 2.75) is 56.7 Å². The first-order valence-corrected chi connectivity index (χ1v) is 10.1. The lowest BCUT2D eigenvalue weighted by Gasteiger charge is -2.31. The van der Waals surface area contributed by atoms with E-state index in [1.165, 1.54) is 31.2 Å². The van der Waals surface area contributed by atoms with Gasteiger partial charge in [-0.1, -0.05) is 61.2 Å². The Hall–Kier alpha value is -1.33. The van der Waals surface area contributed by atoms with Crippen LogP contribution in [0.2, 0.25) is 0 Å². The molecule has 0 amide bonds. The first kappa shape index (κ1) is 17.5. The number of rotatable bonds is 7. The summed E-state index contributed by atoms with van der Waals surface area (Å²) in [6.07, 6.45) is 7.30. The third-order valence-corrected chi connectivity index (χ3v) is 5.76. The molecular weight excluding hydrogens is 318 g/mol. The molecule has 0 radical (unpaired) electrons. The van der Waals surface area contributed by atoms with E-state index in [-0.39, 0.29) is 5.54 Å². The zero-order valence-electron chi connectivity index (χ0n) is 14.5. The molecule has 0 aliphatic heterocycles. The SMILES string of the molecule is Cc1nc(C2(NCCSCc3ccccc3)CCCCCC2)no1. The van der Waals surface area contributed by atoms with Crippen LogP contribution in [0.15, 0.2) is 34.9 Å². The minimum atomic E-state index is -0.0957. The van der Waals surface area contributed by atoms with Gasteiger partial charge < -0.3 is 9.84 Å². The molecule has 5 heteroatoms. The fourth-order valence-electron chi connectivity index (χ4n) is 3.43. The van der Waals surface area contributed by atoms with Gasteiger partial charge in [0.25, 0.3) is 0 Å². The molecule has 4 nitrogen and oxygen atoms in total. The van der Waals surface area contributed by atoms with E-state index in [4.69, 9.17) is 4.52 Å². The highest BCUT2D eigenvalue weighted by atomic mass is 32.2. The number of nitrogens with zero attached hydrogens (tertiary/aromatic N) is 2. The van der Waals surface area contributed by atoms with E-state index in [1.54, 1.807) is 0 Å². The van der Waals surface area contributed by atoms with Crippen LogP contribution in [0.5, 0.6) is 0 Å². The molecule has 1 saturated carbocycles. The highest BCUT2D eigenvalue weighted by Gasteiger charge is 2.36. The van der Waals surface area contributed by atoms with Crippen molar-refractivity contribution in [1.29, 1.82) is 0 Å². The zero-order valence-corrected chi connectivity index (χ0v) is 15.3. The molecule has 0 spiro atoms. The Balaban J connectivity index is 1.54. The Morgan fingerprint density at radius 2 is 1.88 bits per heavy atom. The minimum Gasteiger partial charge on any atom is -0.340 e. The zero-order chi connectivity index (χ0) is 16.7. The topological polar surface area (TPSA) is 51.0 Å². The highest BCUT2D eigenvalue weighted by molar-refractivity contribution is 7.98. The summed E-state index contributed by atoms with van der Waals surface area (Å²) in [5, 5.41) is 8.03. The molecule has 1 aromatic heterocycles. The number of thioether (sulfide) groups is 1. The minimum absolute atomic E-state index is 0.0957. The average Bonchev–Trinajstić information content (AvgIpc) is 2.91. The predicted molar refractivity (Wildman–Crippen MR) is 99.0 cm³/mol. The molecular formula is C19H27N3OS. The summed E-state index contributed by atoms with van der Waals surface area (Å²) in [6.45, 7) is 2.85. The van der Waals surface area contributed by atoms with E-state index in [0.717, 1.165) is 36.7 Å². The summed E-state index contributed by atoms with van der Waals surface area (Å²) in [6, 6.07) is 10.7. The molecule has 1 aromatic carbocycles. The van der Waals surface area contributed by atoms with Gasteiger partial charge >= 0.3 is 0 Å². The lowest BCUT2D eigenvalue weighted by atomic mass is 9.89. The summed E-state index contributed by atoms with van der Waals surface area (Å²) in [5.41, 5.74) is 1.29. The Kier molecular flexibility index (Phi) is 6.32. The van der Waals surface area contributed by atoms with Crippen molar-refractivity contribution in [2.75, 3.05) is 12.3 Å². The van der Waals surface area contributed by atoms with Gasteiger partial charge in [0.15, 0.2) is 5.82 Å². The van der Waals surface area contributed by atoms with Gasteiger partial charge in [0, 0.05) is 25.0 Å². The fraction of sp³-hybridized carbons (Fsp3) is 0.579. The van der Waals surface area contributed by atoms with Crippen molar-refractivity contribution in [3.8, 4) is 0 Å². The molecule has 1 fully saturated rings. The number of aromatic nitrogens is 2. The van der Waals surface area contributed by atoms with Crippen LogP contribution in [-0.4, -0.2) is 22.4 Å². The summed E-state index contributed by atoms with van der Waals surface area (Å²) in [7, 11) is 0. The van der Waals surface area contributed by atoms with Crippen molar-refractivity contribution >= 4 is 11.8 Å². The molecule has 1 aliphatic rings. The second kappa shape index (κ2) is 8.67. The molecule has 0 atom stereocenters. The van der Waals surface area contributed by atoms with Crippen molar-refractivity contribution in [2.24, 2.45) is 0 Å². The monoisotopic (exact) mass is 345 g/mol. The van der Waals surface area contributed by atoms with E-state index in [1.807, 2.05) is 18.7 Å². The second-order valence-electron chi connectivity index (χ2n) is 6.60. The van der Waals surface area contributed by atoms with Gasteiger partial charge in [-0.15, -0.1) is 0 Å². The maximum atomic E-state index is 5.26. The normalized spacial score (nSPS) is 17.5. The molecule has 3 rings (SSSR count). The van der Waals surface area contributed by atoms with Gasteiger partial charge in [-0.2, -0.15) is 16.7 Å². The van der Waals surface area contributed by atoms with Crippen LogP contribution in [0.1, 0.15) is 55.8 Å².